The molecule has 2 aromatic rings. The van der Waals surface area contributed by atoms with E-state index in [-0.39, 0.29) is 22.9 Å². The minimum absolute atomic E-state index is 0.0104. The molecule has 0 saturated carbocycles. The van der Waals surface area contributed by atoms with E-state index in [9.17, 15) is 5.11 Å². The second kappa shape index (κ2) is 8.57. The number of nitrogens with zero attached hydrogens (tertiary/aromatic N) is 2. The zero-order valence-electron chi connectivity index (χ0n) is 20.5. The number of hydrogen-bond acceptors (Lipinski definition) is 5. The third-order valence-corrected chi connectivity index (χ3v) is 7.54. The molecule has 174 valence electrons. The number of phenolic OH excluding ortho intramolecular Hbond substituents is 1. The van der Waals surface area contributed by atoms with Crippen molar-refractivity contribution in [2.75, 3.05) is 0 Å². The van der Waals surface area contributed by atoms with Crippen LogP contribution in [0.4, 0.5) is 0 Å². The molecule has 32 heavy (non-hydrogen) atoms. The van der Waals surface area contributed by atoms with Gasteiger partial charge in [0.2, 0.25) is 11.8 Å². The van der Waals surface area contributed by atoms with E-state index in [2.05, 4.69) is 57.0 Å². The normalized spacial score (nSPS) is 22.0. The summed E-state index contributed by atoms with van der Waals surface area (Å²) in [4.78, 5) is 0. The van der Waals surface area contributed by atoms with Crippen molar-refractivity contribution in [3.05, 3.63) is 41.1 Å². The first kappa shape index (κ1) is 22.9. The zero-order valence-corrected chi connectivity index (χ0v) is 20.5. The van der Waals surface area contributed by atoms with Crippen molar-refractivity contribution >= 4 is 5.57 Å². The van der Waals surface area contributed by atoms with E-state index in [0.29, 0.717) is 17.5 Å². The van der Waals surface area contributed by atoms with Crippen LogP contribution in [0.3, 0.4) is 0 Å². The molecular formula is C27H38N2O3. The highest BCUT2D eigenvalue weighted by Gasteiger charge is 2.47. The highest BCUT2D eigenvalue weighted by molar-refractivity contribution is 5.63. The van der Waals surface area contributed by atoms with Gasteiger partial charge in [-0.3, -0.25) is 0 Å². The van der Waals surface area contributed by atoms with Crippen molar-refractivity contribution in [2.24, 2.45) is 5.92 Å². The average Bonchev–Trinajstić information content (AvgIpc) is 3.16. The van der Waals surface area contributed by atoms with Gasteiger partial charge < -0.3 is 14.3 Å². The van der Waals surface area contributed by atoms with E-state index >= 15 is 0 Å². The Labute approximate surface area is 192 Å². The summed E-state index contributed by atoms with van der Waals surface area (Å²) in [6.07, 6.45) is 9.91. The number of benzene rings is 1. The lowest BCUT2D eigenvalue weighted by Crippen LogP contribution is -2.45. The number of aromatic nitrogens is 2. The fourth-order valence-electron chi connectivity index (χ4n) is 5.53. The highest BCUT2D eigenvalue weighted by Crippen LogP contribution is 2.56. The van der Waals surface area contributed by atoms with E-state index in [0.717, 1.165) is 41.7 Å². The summed E-state index contributed by atoms with van der Waals surface area (Å²) in [7, 11) is 0. The fraction of sp³-hybridized carbons (Fsp3) is 0.630. The predicted octanol–water partition coefficient (Wildman–Crippen LogP) is 7.08. The Morgan fingerprint density at radius 1 is 1.16 bits per heavy atom. The van der Waals surface area contributed by atoms with Crippen molar-refractivity contribution in [3.63, 3.8) is 0 Å². The minimum atomic E-state index is -0.319. The number of aryl methyl sites for hydroxylation is 1. The van der Waals surface area contributed by atoms with Gasteiger partial charge in [-0.05, 0) is 56.2 Å². The third kappa shape index (κ3) is 4.31. The second-order valence-electron chi connectivity index (χ2n) is 10.8. The van der Waals surface area contributed by atoms with Gasteiger partial charge in [-0.1, -0.05) is 52.5 Å². The maximum Gasteiger partial charge on any atom is 0.243 e. The maximum atomic E-state index is 11.2. The molecule has 0 amide bonds. The molecule has 0 saturated heterocycles. The second-order valence-corrected chi connectivity index (χ2v) is 10.8. The summed E-state index contributed by atoms with van der Waals surface area (Å²) in [5.74, 6) is 2.79. The maximum absolute atomic E-state index is 11.2. The number of ether oxygens (including phenoxy) is 1. The number of hydrogen-bond donors (Lipinski definition) is 1. The van der Waals surface area contributed by atoms with Crippen LogP contribution in [-0.4, -0.2) is 20.9 Å². The third-order valence-electron chi connectivity index (χ3n) is 7.54. The van der Waals surface area contributed by atoms with Crippen LogP contribution in [0.1, 0.15) is 108 Å². The molecule has 2 heterocycles. The Morgan fingerprint density at radius 3 is 2.62 bits per heavy atom. The fourth-order valence-corrected chi connectivity index (χ4v) is 5.53. The van der Waals surface area contributed by atoms with Gasteiger partial charge >= 0.3 is 0 Å². The van der Waals surface area contributed by atoms with Crippen LogP contribution < -0.4 is 4.74 Å². The first-order valence-corrected chi connectivity index (χ1v) is 12.2. The Kier molecular flexibility index (Phi) is 6.12. The Hall–Kier alpha value is -2.30. The highest BCUT2D eigenvalue weighted by atomic mass is 16.5. The molecule has 1 aliphatic carbocycles. The molecule has 0 spiro atoms. The first-order valence-electron chi connectivity index (χ1n) is 12.2. The van der Waals surface area contributed by atoms with E-state index in [1.807, 2.05) is 13.0 Å². The molecule has 0 bridgehead atoms. The Bertz CT molecular complexity index is 1000. The van der Waals surface area contributed by atoms with Crippen molar-refractivity contribution in [3.8, 4) is 11.5 Å². The van der Waals surface area contributed by atoms with Gasteiger partial charge in [0.25, 0.3) is 0 Å². The smallest absolute Gasteiger partial charge is 0.243 e. The molecule has 0 fully saturated rings. The van der Waals surface area contributed by atoms with Crippen molar-refractivity contribution < 1.29 is 14.3 Å². The molecule has 2 aliphatic rings. The summed E-state index contributed by atoms with van der Waals surface area (Å²) < 4.78 is 12.3. The molecule has 0 radical (unpaired) electrons. The van der Waals surface area contributed by atoms with E-state index in [1.165, 1.54) is 25.7 Å². The van der Waals surface area contributed by atoms with Crippen molar-refractivity contribution in [1.29, 1.82) is 0 Å². The lowest BCUT2D eigenvalue weighted by Gasteiger charge is -2.47. The summed E-state index contributed by atoms with van der Waals surface area (Å²) in [6.45, 7) is 12.9. The quantitative estimate of drug-likeness (QED) is 0.468. The molecular weight excluding hydrogens is 400 g/mol. The van der Waals surface area contributed by atoms with Crippen LogP contribution in [0, 0.1) is 12.8 Å². The molecule has 1 N–H and O–H groups in total. The van der Waals surface area contributed by atoms with Gasteiger partial charge in [-0.25, -0.2) is 0 Å². The molecule has 5 nitrogen and oxygen atoms in total. The molecule has 4 rings (SSSR count). The Balaban J connectivity index is 1.66. The number of fused-ring (bicyclic) bond motifs is 3. The summed E-state index contributed by atoms with van der Waals surface area (Å²) in [5.41, 5.74) is 2.82. The lowest BCUT2D eigenvalue weighted by atomic mass is 9.66. The molecule has 2 atom stereocenters. The van der Waals surface area contributed by atoms with E-state index in [1.54, 1.807) is 0 Å². The number of phenols is 1. The average molecular weight is 439 g/mol. The van der Waals surface area contributed by atoms with Crippen LogP contribution in [0.2, 0.25) is 0 Å². The van der Waals surface area contributed by atoms with Gasteiger partial charge in [0.1, 0.15) is 17.1 Å². The van der Waals surface area contributed by atoms with Crippen LogP contribution in [0.5, 0.6) is 11.5 Å². The summed E-state index contributed by atoms with van der Waals surface area (Å²) >= 11 is 0. The van der Waals surface area contributed by atoms with Crippen molar-refractivity contribution in [1.82, 2.24) is 10.2 Å². The molecule has 1 aliphatic heterocycles. The predicted molar refractivity (Wildman–Crippen MR) is 127 cm³/mol. The topological polar surface area (TPSA) is 68.4 Å². The van der Waals surface area contributed by atoms with Gasteiger partial charge in [0.15, 0.2) is 0 Å². The van der Waals surface area contributed by atoms with Gasteiger partial charge in [-0.2, -0.15) is 0 Å². The van der Waals surface area contributed by atoms with Gasteiger partial charge in [-0.15, -0.1) is 10.2 Å². The molecule has 0 unspecified atom stereocenters. The van der Waals surface area contributed by atoms with Crippen LogP contribution in [0.15, 0.2) is 22.6 Å². The minimum Gasteiger partial charge on any atom is -0.508 e. The lowest BCUT2D eigenvalue weighted by molar-refractivity contribution is 0.00896. The monoisotopic (exact) mass is 438 g/mol. The summed E-state index contributed by atoms with van der Waals surface area (Å²) in [5, 5.41) is 19.5. The zero-order chi connectivity index (χ0) is 23.1. The largest absolute Gasteiger partial charge is 0.508 e. The van der Waals surface area contributed by atoms with E-state index in [4.69, 9.17) is 9.15 Å². The van der Waals surface area contributed by atoms with Gasteiger partial charge in [0.05, 0.1) is 0 Å². The summed E-state index contributed by atoms with van der Waals surface area (Å²) in [6, 6.07) is 4.16. The number of aromatic hydroxyl groups is 1. The molecule has 1 aromatic heterocycles. The van der Waals surface area contributed by atoms with E-state index < -0.39 is 0 Å². The number of allylic oxidation sites excluding steroid dienone is 2. The molecule has 1 aromatic carbocycles. The first-order chi connectivity index (χ1) is 15.1. The van der Waals surface area contributed by atoms with Crippen LogP contribution >= 0.6 is 0 Å². The van der Waals surface area contributed by atoms with Crippen LogP contribution in [-0.2, 0) is 5.41 Å². The van der Waals surface area contributed by atoms with Gasteiger partial charge in [0, 0.05) is 29.9 Å². The van der Waals surface area contributed by atoms with Crippen molar-refractivity contribution in [2.45, 2.75) is 103 Å². The number of rotatable bonds is 7. The molecule has 5 heteroatoms. The SMILES string of the molecule is CCCCCCC(C)(C)c1cc(O)c2c(c1)OC(C)(C)[C@@H]1CC=C(c3nnc(C)o3)C[C@@H]21. The van der Waals surface area contributed by atoms with Crippen LogP contribution in [0.25, 0.3) is 5.57 Å². The Morgan fingerprint density at radius 2 is 1.94 bits per heavy atom. The number of unbranched alkanes of at least 4 members (excludes halogenated alkanes) is 3. The standard InChI is InChI=1S/C27H38N2O3/c1-7-8-9-10-13-26(3,4)19-15-22(30)24-20-14-18(25-29-28-17(2)31-25)11-12-21(20)27(5,6)32-23(24)16-19/h11,15-16,20-21,30H,7-10,12-14H2,1-6H3/t20-,21-/m1/s1.